The van der Waals surface area contributed by atoms with Crippen molar-refractivity contribution in [2.24, 2.45) is 5.92 Å². The minimum atomic E-state index is 0.0125. The molecule has 1 N–H and O–H groups in total. The van der Waals surface area contributed by atoms with Gasteiger partial charge in [0, 0.05) is 25.5 Å². The fourth-order valence-corrected chi connectivity index (χ4v) is 3.72. The van der Waals surface area contributed by atoms with Crippen molar-refractivity contribution in [2.45, 2.75) is 50.4 Å². The predicted molar refractivity (Wildman–Crippen MR) is 90.4 cm³/mol. The zero-order valence-electron chi connectivity index (χ0n) is 13.8. The monoisotopic (exact) mass is 349 g/mol. The Kier molecular flexibility index (Phi) is 5.84. The summed E-state index contributed by atoms with van der Waals surface area (Å²) >= 11 is 1.41. The van der Waals surface area contributed by atoms with Crippen LogP contribution in [0.15, 0.2) is 23.9 Å². The van der Waals surface area contributed by atoms with E-state index in [-0.39, 0.29) is 5.91 Å². The molecule has 3 rings (SSSR count). The average Bonchev–Trinajstić information content (AvgIpc) is 3.31. The van der Waals surface area contributed by atoms with Crippen LogP contribution in [0.4, 0.5) is 0 Å². The van der Waals surface area contributed by atoms with E-state index < -0.39 is 0 Å². The number of aromatic nitrogens is 6. The van der Waals surface area contributed by atoms with Gasteiger partial charge in [0.1, 0.15) is 0 Å². The van der Waals surface area contributed by atoms with Crippen LogP contribution in [0.1, 0.15) is 38.6 Å². The summed E-state index contributed by atoms with van der Waals surface area (Å²) < 4.78 is 3.90. The molecular formula is C15H23N7OS. The summed E-state index contributed by atoms with van der Waals surface area (Å²) in [4.78, 5) is 16.1. The molecule has 130 valence electrons. The third kappa shape index (κ3) is 4.56. The quantitative estimate of drug-likeness (QED) is 0.727. The van der Waals surface area contributed by atoms with Crippen LogP contribution in [0, 0.1) is 5.92 Å². The highest BCUT2D eigenvalue weighted by Crippen LogP contribution is 2.31. The third-order valence-electron chi connectivity index (χ3n) is 4.19. The Bertz CT molecular complexity index is 636. The van der Waals surface area contributed by atoms with Crippen LogP contribution in [-0.4, -0.2) is 48.0 Å². The number of carbonyl (C=O) groups is 1. The van der Waals surface area contributed by atoms with E-state index in [0.29, 0.717) is 24.3 Å². The van der Waals surface area contributed by atoms with Gasteiger partial charge >= 0.3 is 0 Å². The molecule has 1 amide bonds. The van der Waals surface area contributed by atoms with E-state index in [4.69, 9.17) is 0 Å². The number of imidazole rings is 1. The zero-order valence-corrected chi connectivity index (χ0v) is 14.7. The first-order valence-electron chi connectivity index (χ1n) is 8.35. The highest BCUT2D eigenvalue weighted by Gasteiger charge is 2.22. The van der Waals surface area contributed by atoms with Gasteiger partial charge in [-0.15, -0.1) is 5.10 Å². The van der Waals surface area contributed by atoms with Gasteiger partial charge in [-0.1, -0.05) is 31.5 Å². The van der Waals surface area contributed by atoms with Gasteiger partial charge < -0.3 is 9.88 Å². The summed E-state index contributed by atoms with van der Waals surface area (Å²) in [7, 11) is 0. The first-order valence-corrected chi connectivity index (χ1v) is 9.34. The maximum atomic E-state index is 12.0. The van der Waals surface area contributed by atoms with Gasteiger partial charge in [-0.2, -0.15) is 0 Å². The van der Waals surface area contributed by atoms with Crippen molar-refractivity contribution in [3.8, 4) is 0 Å². The van der Waals surface area contributed by atoms with Crippen molar-refractivity contribution in [2.75, 3.05) is 12.3 Å². The van der Waals surface area contributed by atoms with Crippen LogP contribution in [0.3, 0.4) is 0 Å². The molecule has 0 saturated heterocycles. The number of carbonyl (C=O) groups excluding carboxylic acids is 1. The normalized spacial score (nSPS) is 16.4. The standard InChI is InChI=1S/C15H23N7OS/c1-12(9-21-7-6-16-11-21)8-17-14(23)10-24-15-18-19-20-22(15)13-4-2-3-5-13/h6-7,11-13H,2-5,8-10H2,1H3,(H,17,23). The summed E-state index contributed by atoms with van der Waals surface area (Å²) in [6, 6.07) is 0.390. The molecule has 8 nitrogen and oxygen atoms in total. The molecule has 1 unspecified atom stereocenters. The molecule has 2 aromatic heterocycles. The molecule has 0 radical (unpaired) electrons. The topological polar surface area (TPSA) is 90.5 Å². The minimum Gasteiger partial charge on any atom is -0.355 e. The lowest BCUT2D eigenvalue weighted by Crippen LogP contribution is -2.31. The molecule has 1 aliphatic rings. The van der Waals surface area contributed by atoms with Crippen LogP contribution in [0.25, 0.3) is 0 Å². The predicted octanol–water partition coefficient (Wildman–Crippen LogP) is 1.53. The van der Waals surface area contributed by atoms with Crippen LogP contribution in [0.2, 0.25) is 0 Å². The van der Waals surface area contributed by atoms with Crippen molar-refractivity contribution in [1.29, 1.82) is 0 Å². The Hall–Kier alpha value is -1.90. The van der Waals surface area contributed by atoms with Crippen LogP contribution < -0.4 is 5.32 Å². The number of nitrogens with zero attached hydrogens (tertiary/aromatic N) is 6. The Morgan fingerprint density at radius 2 is 2.29 bits per heavy atom. The van der Waals surface area contributed by atoms with Crippen molar-refractivity contribution in [1.82, 2.24) is 35.1 Å². The van der Waals surface area contributed by atoms with Crippen molar-refractivity contribution >= 4 is 17.7 Å². The number of rotatable bonds is 8. The Labute approximate surface area is 145 Å². The number of thioether (sulfide) groups is 1. The summed E-state index contributed by atoms with van der Waals surface area (Å²) in [5.74, 6) is 0.695. The smallest absolute Gasteiger partial charge is 0.230 e. The summed E-state index contributed by atoms with van der Waals surface area (Å²) in [5.41, 5.74) is 0. The van der Waals surface area contributed by atoms with Crippen LogP contribution in [0.5, 0.6) is 0 Å². The first kappa shape index (κ1) is 16.9. The molecule has 1 atom stereocenters. The van der Waals surface area contributed by atoms with Crippen LogP contribution in [-0.2, 0) is 11.3 Å². The molecule has 2 aromatic rings. The highest BCUT2D eigenvalue weighted by atomic mass is 32.2. The number of hydrogen-bond donors (Lipinski definition) is 1. The maximum Gasteiger partial charge on any atom is 0.230 e. The number of hydrogen-bond acceptors (Lipinski definition) is 6. The molecule has 1 aliphatic carbocycles. The van der Waals surface area contributed by atoms with E-state index in [1.54, 1.807) is 12.5 Å². The molecule has 0 aromatic carbocycles. The average molecular weight is 349 g/mol. The summed E-state index contributed by atoms with van der Waals surface area (Å²) in [6.07, 6.45) is 10.2. The molecule has 2 heterocycles. The van der Waals surface area contributed by atoms with Gasteiger partial charge in [-0.25, -0.2) is 9.67 Å². The number of nitrogens with one attached hydrogen (secondary N) is 1. The molecule has 1 saturated carbocycles. The Balaban J connectivity index is 1.40. The van der Waals surface area contributed by atoms with Crippen molar-refractivity contribution < 1.29 is 4.79 Å². The van der Waals surface area contributed by atoms with E-state index >= 15 is 0 Å². The zero-order chi connectivity index (χ0) is 16.8. The molecule has 9 heteroatoms. The number of tetrazole rings is 1. The van der Waals surface area contributed by atoms with E-state index in [1.807, 2.05) is 15.4 Å². The molecular weight excluding hydrogens is 326 g/mol. The minimum absolute atomic E-state index is 0.0125. The maximum absolute atomic E-state index is 12.0. The third-order valence-corrected chi connectivity index (χ3v) is 5.13. The van der Waals surface area contributed by atoms with E-state index in [9.17, 15) is 4.79 Å². The number of amides is 1. The van der Waals surface area contributed by atoms with Gasteiger partial charge in [0.05, 0.1) is 18.1 Å². The van der Waals surface area contributed by atoms with Crippen molar-refractivity contribution in [3.63, 3.8) is 0 Å². The van der Waals surface area contributed by atoms with Gasteiger partial charge in [0.15, 0.2) is 0 Å². The molecule has 1 fully saturated rings. The second kappa shape index (κ2) is 8.27. The lowest BCUT2D eigenvalue weighted by molar-refractivity contribution is -0.118. The molecule has 0 aliphatic heterocycles. The highest BCUT2D eigenvalue weighted by molar-refractivity contribution is 7.99. The lowest BCUT2D eigenvalue weighted by atomic mass is 10.2. The lowest BCUT2D eigenvalue weighted by Gasteiger charge is -2.13. The Morgan fingerprint density at radius 3 is 3.04 bits per heavy atom. The van der Waals surface area contributed by atoms with Crippen molar-refractivity contribution in [3.05, 3.63) is 18.7 Å². The molecule has 0 spiro atoms. The summed E-state index contributed by atoms with van der Waals surface area (Å²) in [6.45, 7) is 3.59. The molecule has 24 heavy (non-hydrogen) atoms. The SMILES string of the molecule is CC(CNC(=O)CSc1nnnn1C1CCCC1)Cn1ccnc1. The molecule has 0 bridgehead atoms. The second-order valence-corrected chi connectivity index (χ2v) is 7.24. The second-order valence-electron chi connectivity index (χ2n) is 6.30. The fourth-order valence-electron chi connectivity index (χ4n) is 2.95. The largest absolute Gasteiger partial charge is 0.355 e. The summed E-state index contributed by atoms with van der Waals surface area (Å²) in [5, 5.41) is 15.6. The van der Waals surface area contributed by atoms with E-state index in [0.717, 1.165) is 24.5 Å². The van der Waals surface area contributed by atoms with Gasteiger partial charge in [-0.3, -0.25) is 4.79 Å². The van der Waals surface area contributed by atoms with Crippen LogP contribution >= 0.6 is 11.8 Å². The Morgan fingerprint density at radius 1 is 1.46 bits per heavy atom. The fraction of sp³-hybridized carbons (Fsp3) is 0.667. The van der Waals surface area contributed by atoms with E-state index in [2.05, 4.69) is 32.7 Å². The van der Waals surface area contributed by atoms with E-state index in [1.165, 1.54) is 24.6 Å². The van der Waals surface area contributed by atoms with Gasteiger partial charge in [0.2, 0.25) is 11.1 Å². The van der Waals surface area contributed by atoms with Gasteiger partial charge in [0.25, 0.3) is 0 Å². The first-order chi connectivity index (χ1) is 11.7. The van der Waals surface area contributed by atoms with Gasteiger partial charge in [-0.05, 0) is 29.2 Å².